The lowest BCUT2D eigenvalue weighted by atomic mass is 9.76. The topological polar surface area (TPSA) is 57.6 Å². The Hall–Kier alpha value is -1.91. The van der Waals surface area contributed by atoms with Crippen LogP contribution in [0.4, 0.5) is 4.39 Å². The number of carboxylic acids is 1. The summed E-state index contributed by atoms with van der Waals surface area (Å²) >= 11 is 0. The summed E-state index contributed by atoms with van der Waals surface area (Å²) in [4.78, 5) is 26.3. The van der Waals surface area contributed by atoms with Crippen molar-refractivity contribution in [1.82, 2.24) is 4.90 Å². The van der Waals surface area contributed by atoms with Gasteiger partial charge in [0.2, 0.25) is 5.91 Å². The number of hydrogen-bond acceptors (Lipinski definition) is 2. The molecule has 1 heterocycles. The van der Waals surface area contributed by atoms with E-state index in [2.05, 4.69) is 0 Å². The number of amides is 1. The first kappa shape index (κ1) is 16.9. The SMILES string of the molecule is CC1CN(C(=O)C2(c3ccccc3F)CCCC2)CCC1C(=O)O. The molecule has 1 N–H and O–H groups in total. The van der Waals surface area contributed by atoms with E-state index in [1.165, 1.54) is 6.07 Å². The zero-order valence-corrected chi connectivity index (χ0v) is 14.0. The second-order valence-corrected chi connectivity index (χ2v) is 7.23. The van der Waals surface area contributed by atoms with Gasteiger partial charge in [0.15, 0.2) is 0 Å². The van der Waals surface area contributed by atoms with E-state index in [9.17, 15) is 19.1 Å². The van der Waals surface area contributed by atoms with Crippen LogP contribution in [0, 0.1) is 17.7 Å². The van der Waals surface area contributed by atoms with Crippen LogP contribution in [0.5, 0.6) is 0 Å². The molecular formula is C19H24FNO3. The summed E-state index contributed by atoms with van der Waals surface area (Å²) in [6.45, 7) is 2.75. The summed E-state index contributed by atoms with van der Waals surface area (Å²) in [7, 11) is 0. The molecule has 4 nitrogen and oxygen atoms in total. The number of aliphatic carboxylic acids is 1. The van der Waals surface area contributed by atoms with Crippen molar-refractivity contribution in [3.63, 3.8) is 0 Å². The molecule has 130 valence electrons. The van der Waals surface area contributed by atoms with Crippen molar-refractivity contribution in [3.05, 3.63) is 35.6 Å². The summed E-state index contributed by atoms with van der Waals surface area (Å²) in [6, 6.07) is 6.57. The molecule has 1 saturated carbocycles. The van der Waals surface area contributed by atoms with Crippen molar-refractivity contribution in [2.24, 2.45) is 11.8 Å². The van der Waals surface area contributed by atoms with E-state index >= 15 is 0 Å². The lowest BCUT2D eigenvalue weighted by Gasteiger charge is -2.40. The van der Waals surface area contributed by atoms with Crippen LogP contribution in [0.2, 0.25) is 0 Å². The third-order valence-corrected chi connectivity index (χ3v) is 5.77. The first-order valence-electron chi connectivity index (χ1n) is 8.73. The van der Waals surface area contributed by atoms with E-state index in [1.54, 1.807) is 23.1 Å². The van der Waals surface area contributed by atoms with Gasteiger partial charge in [0.05, 0.1) is 11.3 Å². The zero-order chi connectivity index (χ0) is 17.3. The number of carbonyl (C=O) groups excluding carboxylic acids is 1. The van der Waals surface area contributed by atoms with E-state index in [1.807, 2.05) is 6.92 Å². The van der Waals surface area contributed by atoms with Gasteiger partial charge in [-0.15, -0.1) is 0 Å². The second kappa shape index (κ2) is 6.54. The molecule has 1 aromatic carbocycles. The number of hydrogen-bond donors (Lipinski definition) is 1. The fourth-order valence-corrected chi connectivity index (χ4v) is 4.43. The van der Waals surface area contributed by atoms with Crippen LogP contribution in [-0.2, 0) is 15.0 Å². The van der Waals surface area contributed by atoms with Crippen LogP contribution in [0.3, 0.4) is 0 Å². The van der Waals surface area contributed by atoms with Crippen LogP contribution in [-0.4, -0.2) is 35.0 Å². The van der Waals surface area contributed by atoms with Gasteiger partial charge < -0.3 is 10.0 Å². The molecule has 2 fully saturated rings. The van der Waals surface area contributed by atoms with Gasteiger partial charge in [-0.2, -0.15) is 0 Å². The molecule has 1 aliphatic carbocycles. The number of carbonyl (C=O) groups is 2. The fraction of sp³-hybridized carbons (Fsp3) is 0.579. The number of carboxylic acid groups (broad SMARTS) is 1. The molecule has 0 bridgehead atoms. The molecule has 2 aliphatic rings. The number of piperidine rings is 1. The number of halogens is 1. The van der Waals surface area contributed by atoms with Crippen molar-refractivity contribution in [2.75, 3.05) is 13.1 Å². The average molecular weight is 333 g/mol. The minimum Gasteiger partial charge on any atom is -0.481 e. The van der Waals surface area contributed by atoms with E-state index in [0.29, 0.717) is 37.9 Å². The highest BCUT2D eigenvalue weighted by Crippen LogP contribution is 2.44. The van der Waals surface area contributed by atoms with E-state index < -0.39 is 17.3 Å². The lowest BCUT2D eigenvalue weighted by Crippen LogP contribution is -2.52. The Morgan fingerprint density at radius 2 is 1.92 bits per heavy atom. The van der Waals surface area contributed by atoms with Crippen LogP contribution >= 0.6 is 0 Å². The minimum atomic E-state index is -0.792. The van der Waals surface area contributed by atoms with E-state index in [0.717, 1.165) is 12.8 Å². The predicted octanol–water partition coefficient (Wildman–Crippen LogP) is 3.21. The highest BCUT2D eigenvalue weighted by atomic mass is 19.1. The zero-order valence-electron chi connectivity index (χ0n) is 14.0. The Balaban J connectivity index is 1.87. The highest BCUT2D eigenvalue weighted by Gasteiger charge is 2.47. The molecule has 0 radical (unpaired) electrons. The Labute approximate surface area is 141 Å². The molecule has 1 aromatic rings. The standard InChI is InChI=1S/C19H24FNO3/c1-13-12-21(11-8-14(13)17(22)23)18(24)19(9-4-5-10-19)15-6-2-3-7-16(15)20/h2-3,6-7,13-14H,4-5,8-12H2,1H3,(H,22,23). The first-order chi connectivity index (χ1) is 11.5. The summed E-state index contributed by atoms with van der Waals surface area (Å²) in [5.41, 5.74) is -0.276. The Kier molecular flexibility index (Phi) is 4.61. The molecule has 2 unspecified atom stereocenters. The predicted molar refractivity (Wildman–Crippen MR) is 88.0 cm³/mol. The van der Waals surface area contributed by atoms with E-state index in [-0.39, 0.29) is 17.6 Å². The molecule has 1 saturated heterocycles. The van der Waals surface area contributed by atoms with Crippen molar-refractivity contribution < 1.29 is 19.1 Å². The molecule has 2 atom stereocenters. The van der Waals surface area contributed by atoms with Gasteiger partial charge in [0.1, 0.15) is 5.82 Å². The molecule has 1 aliphatic heterocycles. The molecule has 1 amide bonds. The summed E-state index contributed by atoms with van der Waals surface area (Å²) in [6.07, 6.45) is 3.64. The van der Waals surface area contributed by atoms with Crippen LogP contribution < -0.4 is 0 Å². The van der Waals surface area contributed by atoms with Crippen molar-refractivity contribution in [3.8, 4) is 0 Å². The molecule has 0 aromatic heterocycles. The quantitative estimate of drug-likeness (QED) is 0.924. The number of likely N-dealkylation sites (tertiary alicyclic amines) is 1. The average Bonchev–Trinajstić information content (AvgIpc) is 3.04. The van der Waals surface area contributed by atoms with Crippen molar-refractivity contribution in [1.29, 1.82) is 0 Å². The lowest BCUT2D eigenvalue weighted by molar-refractivity contribution is -0.150. The normalized spacial score (nSPS) is 26.3. The number of rotatable bonds is 3. The molecule has 5 heteroatoms. The smallest absolute Gasteiger partial charge is 0.306 e. The van der Waals surface area contributed by atoms with Gasteiger partial charge in [-0.1, -0.05) is 38.0 Å². The third kappa shape index (κ3) is 2.80. The number of nitrogens with zero attached hydrogens (tertiary/aromatic N) is 1. The van der Waals surface area contributed by atoms with Crippen LogP contribution in [0.15, 0.2) is 24.3 Å². The maximum Gasteiger partial charge on any atom is 0.306 e. The monoisotopic (exact) mass is 333 g/mol. The molecular weight excluding hydrogens is 309 g/mol. The van der Waals surface area contributed by atoms with Gasteiger partial charge >= 0.3 is 5.97 Å². The third-order valence-electron chi connectivity index (χ3n) is 5.77. The molecule has 24 heavy (non-hydrogen) atoms. The van der Waals surface area contributed by atoms with Gasteiger partial charge in [-0.25, -0.2) is 4.39 Å². The second-order valence-electron chi connectivity index (χ2n) is 7.23. The van der Waals surface area contributed by atoms with Crippen LogP contribution in [0.25, 0.3) is 0 Å². The first-order valence-corrected chi connectivity index (χ1v) is 8.73. The maximum absolute atomic E-state index is 14.4. The summed E-state index contributed by atoms with van der Waals surface area (Å²) in [5, 5.41) is 9.26. The van der Waals surface area contributed by atoms with Gasteiger partial charge in [0.25, 0.3) is 0 Å². The summed E-state index contributed by atoms with van der Waals surface area (Å²) in [5.74, 6) is -1.62. The summed E-state index contributed by atoms with van der Waals surface area (Å²) < 4.78 is 14.4. The Bertz CT molecular complexity index is 639. The largest absolute Gasteiger partial charge is 0.481 e. The van der Waals surface area contributed by atoms with Gasteiger partial charge in [-0.05, 0) is 31.2 Å². The Morgan fingerprint density at radius 3 is 2.50 bits per heavy atom. The number of benzene rings is 1. The van der Waals surface area contributed by atoms with Gasteiger partial charge in [-0.3, -0.25) is 9.59 Å². The van der Waals surface area contributed by atoms with E-state index in [4.69, 9.17) is 0 Å². The fourth-order valence-electron chi connectivity index (χ4n) is 4.43. The van der Waals surface area contributed by atoms with Crippen molar-refractivity contribution in [2.45, 2.75) is 44.4 Å². The Morgan fingerprint density at radius 1 is 1.25 bits per heavy atom. The maximum atomic E-state index is 14.4. The van der Waals surface area contributed by atoms with Crippen LogP contribution in [0.1, 0.15) is 44.6 Å². The highest BCUT2D eigenvalue weighted by molar-refractivity contribution is 5.89. The van der Waals surface area contributed by atoms with Gasteiger partial charge in [0, 0.05) is 18.7 Å². The molecule has 0 spiro atoms. The van der Waals surface area contributed by atoms with Crippen molar-refractivity contribution >= 4 is 11.9 Å². The minimum absolute atomic E-state index is 0.0270. The molecule has 3 rings (SSSR count).